The van der Waals surface area contributed by atoms with E-state index in [2.05, 4.69) is 32.2 Å². The van der Waals surface area contributed by atoms with E-state index in [1.807, 2.05) is 12.1 Å². The van der Waals surface area contributed by atoms with E-state index in [1.54, 1.807) is 0 Å². The fraction of sp³-hybridized carbons (Fsp3) is 0.385. The predicted molar refractivity (Wildman–Crippen MR) is 62.2 cm³/mol. The Labute approximate surface area is 91.0 Å². The summed E-state index contributed by atoms with van der Waals surface area (Å²) in [5.74, 6) is -0.185. The largest absolute Gasteiger partial charge is 0.307 e. The lowest BCUT2D eigenvalue weighted by Gasteiger charge is -2.12. The summed E-state index contributed by atoms with van der Waals surface area (Å²) in [4.78, 5) is 0. The standard InChI is InChI=1S/C13H18FN/c1-10(2)8-9-15-11(3)12-4-6-13(14)7-5-12/h4-8,11,15H,9H2,1-3H3. The summed E-state index contributed by atoms with van der Waals surface area (Å²) in [5, 5.41) is 3.35. The van der Waals surface area contributed by atoms with Crippen LogP contribution in [-0.2, 0) is 0 Å². The van der Waals surface area contributed by atoms with E-state index in [1.165, 1.54) is 17.7 Å². The third-order valence-corrected chi connectivity index (χ3v) is 2.30. The van der Waals surface area contributed by atoms with Gasteiger partial charge in [0.25, 0.3) is 0 Å². The van der Waals surface area contributed by atoms with Gasteiger partial charge in [0.1, 0.15) is 5.82 Å². The molecule has 0 amide bonds. The number of benzene rings is 1. The second-order valence-electron chi connectivity index (χ2n) is 3.96. The molecule has 0 fully saturated rings. The number of allylic oxidation sites excluding steroid dienone is 1. The van der Waals surface area contributed by atoms with Crippen molar-refractivity contribution in [2.24, 2.45) is 0 Å². The van der Waals surface area contributed by atoms with Crippen LogP contribution in [0.1, 0.15) is 32.4 Å². The number of hydrogen-bond donors (Lipinski definition) is 1. The molecule has 1 atom stereocenters. The van der Waals surface area contributed by atoms with Crippen LogP contribution in [0, 0.1) is 5.82 Å². The maximum Gasteiger partial charge on any atom is 0.123 e. The van der Waals surface area contributed by atoms with Gasteiger partial charge >= 0.3 is 0 Å². The Balaban J connectivity index is 2.50. The van der Waals surface area contributed by atoms with E-state index in [0.717, 1.165) is 12.1 Å². The Morgan fingerprint density at radius 1 is 1.33 bits per heavy atom. The molecule has 1 rings (SSSR count). The molecule has 2 heteroatoms. The van der Waals surface area contributed by atoms with Crippen LogP contribution in [0.2, 0.25) is 0 Å². The minimum absolute atomic E-state index is 0.185. The minimum atomic E-state index is -0.185. The molecule has 1 aromatic rings. The van der Waals surface area contributed by atoms with Crippen molar-refractivity contribution in [3.63, 3.8) is 0 Å². The zero-order chi connectivity index (χ0) is 11.3. The predicted octanol–water partition coefficient (Wildman–Crippen LogP) is 3.44. The molecule has 1 N–H and O–H groups in total. The van der Waals surface area contributed by atoms with Crippen LogP contribution in [-0.4, -0.2) is 6.54 Å². The first kappa shape index (κ1) is 11.9. The molecular weight excluding hydrogens is 189 g/mol. The zero-order valence-corrected chi connectivity index (χ0v) is 9.55. The summed E-state index contributed by atoms with van der Waals surface area (Å²) in [7, 11) is 0. The molecule has 1 nitrogen and oxygen atoms in total. The molecule has 15 heavy (non-hydrogen) atoms. The van der Waals surface area contributed by atoms with Crippen LogP contribution in [0.5, 0.6) is 0 Å². The lowest BCUT2D eigenvalue weighted by atomic mass is 10.1. The summed E-state index contributed by atoms with van der Waals surface area (Å²) in [6, 6.07) is 6.87. The lowest BCUT2D eigenvalue weighted by molar-refractivity contribution is 0.605. The Bertz CT molecular complexity index is 323. The molecule has 0 spiro atoms. The van der Waals surface area contributed by atoms with Gasteiger partial charge in [0, 0.05) is 12.6 Å². The van der Waals surface area contributed by atoms with Gasteiger partial charge in [-0.3, -0.25) is 0 Å². The molecule has 0 radical (unpaired) electrons. The highest BCUT2D eigenvalue weighted by Gasteiger charge is 2.02. The quantitative estimate of drug-likeness (QED) is 0.746. The van der Waals surface area contributed by atoms with Gasteiger partial charge in [-0.1, -0.05) is 23.8 Å². The number of nitrogens with one attached hydrogen (secondary N) is 1. The van der Waals surface area contributed by atoms with Gasteiger partial charge in [0.05, 0.1) is 0 Å². The van der Waals surface area contributed by atoms with Crippen molar-refractivity contribution in [2.75, 3.05) is 6.54 Å². The van der Waals surface area contributed by atoms with Crippen LogP contribution < -0.4 is 5.32 Å². The summed E-state index contributed by atoms with van der Waals surface area (Å²) in [6.07, 6.45) is 2.14. The average molecular weight is 207 g/mol. The molecule has 0 saturated carbocycles. The monoisotopic (exact) mass is 207 g/mol. The molecule has 0 aliphatic heterocycles. The number of rotatable bonds is 4. The van der Waals surface area contributed by atoms with Gasteiger partial charge < -0.3 is 5.32 Å². The summed E-state index contributed by atoms with van der Waals surface area (Å²) in [5.41, 5.74) is 2.41. The van der Waals surface area contributed by atoms with E-state index in [9.17, 15) is 4.39 Å². The summed E-state index contributed by atoms with van der Waals surface area (Å²) < 4.78 is 12.7. The number of hydrogen-bond acceptors (Lipinski definition) is 1. The molecule has 0 heterocycles. The fourth-order valence-electron chi connectivity index (χ4n) is 1.31. The smallest absolute Gasteiger partial charge is 0.123 e. The van der Waals surface area contributed by atoms with Crippen LogP contribution in [0.3, 0.4) is 0 Å². The molecule has 82 valence electrons. The normalized spacial score (nSPS) is 12.3. The third-order valence-electron chi connectivity index (χ3n) is 2.30. The van der Waals surface area contributed by atoms with Crippen molar-refractivity contribution in [1.82, 2.24) is 5.32 Å². The Morgan fingerprint density at radius 3 is 2.47 bits per heavy atom. The summed E-state index contributed by atoms with van der Waals surface area (Å²) in [6.45, 7) is 7.07. The first-order valence-corrected chi connectivity index (χ1v) is 5.22. The minimum Gasteiger partial charge on any atom is -0.307 e. The van der Waals surface area contributed by atoms with Crippen molar-refractivity contribution in [3.05, 3.63) is 47.3 Å². The van der Waals surface area contributed by atoms with Crippen LogP contribution in [0.15, 0.2) is 35.9 Å². The number of halogens is 1. The molecule has 0 bridgehead atoms. The van der Waals surface area contributed by atoms with Gasteiger partial charge in [0.2, 0.25) is 0 Å². The first-order valence-electron chi connectivity index (χ1n) is 5.22. The van der Waals surface area contributed by atoms with E-state index < -0.39 is 0 Å². The third kappa shape index (κ3) is 4.26. The SMILES string of the molecule is CC(C)=CCNC(C)c1ccc(F)cc1. The Kier molecular flexibility index (Phi) is 4.50. The van der Waals surface area contributed by atoms with Gasteiger partial charge in [-0.15, -0.1) is 0 Å². The van der Waals surface area contributed by atoms with Crippen molar-refractivity contribution in [3.8, 4) is 0 Å². The highest BCUT2D eigenvalue weighted by atomic mass is 19.1. The van der Waals surface area contributed by atoms with E-state index in [0.29, 0.717) is 0 Å². The highest BCUT2D eigenvalue weighted by molar-refractivity contribution is 5.19. The average Bonchev–Trinajstić information content (AvgIpc) is 2.18. The molecule has 0 saturated heterocycles. The Morgan fingerprint density at radius 2 is 1.93 bits per heavy atom. The van der Waals surface area contributed by atoms with Gasteiger partial charge in [-0.2, -0.15) is 0 Å². The second kappa shape index (κ2) is 5.66. The molecule has 1 unspecified atom stereocenters. The van der Waals surface area contributed by atoms with Gasteiger partial charge in [0.15, 0.2) is 0 Å². The Hall–Kier alpha value is -1.15. The van der Waals surface area contributed by atoms with Crippen molar-refractivity contribution in [2.45, 2.75) is 26.8 Å². The van der Waals surface area contributed by atoms with E-state index >= 15 is 0 Å². The van der Waals surface area contributed by atoms with Crippen LogP contribution in [0.25, 0.3) is 0 Å². The first-order chi connectivity index (χ1) is 7.09. The molecular formula is C13H18FN. The molecule has 0 aliphatic rings. The van der Waals surface area contributed by atoms with Gasteiger partial charge in [-0.05, 0) is 38.5 Å². The topological polar surface area (TPSA) is 12.0 Å². The molecule has 1 aromatic carbocycles. The zero-order valence-electron chi connectivity index (χ0n) is 9.55. The van der Waals surface area contributed by atoms with E-state index in [4.69, 9.17) is 0 Å². The fourth-order valence-corrected chi connectivity index (χ4v) is 1.31. The maximum atomic E-state index is 12.7. The van der Waals surface area contributed by atoms with Crippen LogP contribution >= 0.6 is 0 Å². The summed E-state index contributed by atoms with van der Waals surface area (Å²) >= 11 is 0. The van der Waals surface area contributed by atoms with Gasteiger partial charge in [-0.25, -0.2) is 4.39 Å². The van der Waals surface area contributed by atoms with Crippen molar-refractivity contribution >= 4 is 0 Å². The van der Waals surface area contributed by atoms with Crippen LogP contribution in [0.4, 0.5) is 4.39 Å². The molecule has 0 aromatic heterocycles. The lowest BCUT2D eigenvalue weighted by Crippen LogP contribution is -2.18. The second-order valence-corrected chi connectivity index (χ2v) is 3.96. The van der Waals surface area contributed by atoms with E-state index in [-0.39, 0.29) is 11.9 Å². The highest BCUT2D eigenvalue weighted by Crippen LogP contribution is 2.12. The van der Waals surface area contributed by atoms with Crippen molar-refractivity contribution in [1.29, 1.82) is 0 Å². The maximum absolute atomic E-state index is 12.7. The van der Waals surface area contributed by atoms with Crippen molar-refractivity contribution < 1.29 is 4.39 Å². The molecule has 0 aliphatic carbocycles.